The van der Waals surface area contributed by atoms with Gasteiger partial charge in [-0.15, -0.1) is 0 Å². The minimum Gasteiger partial charge on any atom is -0.346 e. The maximum Gasteiger partial charge on any atom is 0.254 e. The van der Waals surface area contributed by atoms with Gasteiger partial charge in [0.15, 0.2) is 0 Å². The van der Waals surface area contributed by atoms with Gasteiger partial charge in [-0.2, -0.15) is 5.10 Å². The molecule has 0 saturated carbocycles. The maximum atomic E-state index is 13.6. The van der Waals surface area contributed by atoms with Crippen molar-refractivity contribution in [3.63, 3.8) is 0 Å². The smallest absolute Gasteiger partial charge is 0.254 e. The second-order valence-electron chi connectivity index (χ2n) is 5.17. The molecule has 2 heterocycles. The van der Waals surface area contributed by atoms with E-state index < -0.39 is 17.5 Å². The summed E-state index contributed by atoms with van der Waals surface area (Å²) >= 11 is 0. The largest absolute Gasteiger partial charge is 0.346 e. The lowest BCUT2D eigenvalue weighted by atomic mass is 10.2. The highest BCUT2D eigenvalue weighted by Gasteiger charge is 2.14. The Morgan fingerprint density at radius 3 is 2.75 bits per heavy atom. The first-order valence-corrected chi connectivity index (χ1v) is 7.22. The number of aryl methyl sites for hydroxylation is 1. The molecule has 3 rings (SSSR count). The number of amides is 1. The van der Waals surface area contributed by atoms with Crippen molar-refractivity contribution in [2.75, 3.05) is 0 Å². The van der Waals surface area contributed by atoms with Crippen molar-refractivity contribution < 1.29 is 13.6 Å². The zero-order valence-electron chi connectivity index (χ0n) is 12.8. The van der Waals surface area contributed by atoms with Crippen molar-refractivity contribution in [2.45, 2.75) is 6.54 Å². The molecule has 3 aromatic rings. The van der Waals surface area contributed by atoms with E-state index in [1.807, 2.05) is 18.2 Å². The summed E-state index contributed by atoms with van der Waals surface area (Å²) < 4.78 is 28.1. The van der Waals surface area contributed by atoms with Gasteiger partial charge in [0.2, 0.25) is 0 Å². The lowest BCUT2D eigenvalue weighted by Crippen LogP contribution is -2.24. The number of aromatic nitrogens is 3. The Kier molecular flexibility index (Phi) is 4.33. The summed E-state index contributed by atoms with van der Waals surface area (Å²) in [5, 5.41) is 6.87. The fraction of sp³-hybridized carbons (Fsp3) is 0.118. The molecule has 0 fully saturated rings. The minimum absolute atomic E-state index is 0.121. The molecule has 0 atom stereocenters. The van der Waals surface area contributed by atoms with E-state index in [0.29, 0.717) is 11.8 Å². The van der Waals surface area contributed by atoms with E-state index in [2.05, 4.69) is 15.4 Å². The average Bonchev–Trinajstić information content (AvgIpc) is 2.94. The number of benzene rings is 1. The molecule has 2 aromatic heterocycles. The number of pyridine rings is 1. The van der Waals surface area contributed by atoms with E-state index in [1.165, 1.54) is 0 Å². The lowest BCUT2D eigenvalue weighted by Gasteiger charge is -2.04. The highest BCUT2D eigenvalue weighted by molar-refractivity contribution is 5.94. The van der Waals surface area contributed by atoms with Gasteiger partial charge in [0.25, 0.3) is 5.91 Å². The highest BCUT2D eigenvalue weighted by atomic mass is 19.1. The van der Waals surface area contributed by atoms with E-state index in [1.54, 1.807) is 24.0 Å². The predicted molar refractivity (Wildman–Crippen MR) is 84.0 cm³/mol. The second kappa shape index (κ2) is 6.57. The number of carbonyl (C=O) groups is 1. The van der Waals surface area contributed by atoms with E-state index in [0.717, 1.165) is 23.5 Å². The molecule has 24 heavy (non-hydrogen) atoms. The Hall–Kier alpha value is -3.09. The van der Waals surface area contributed by atoms with Gasteiger partial charge in [0.1, 0.15) is 11.6 Å². The zero-order chi connectivity index (χ0) is 17.1. The van der Waals surface area contributed by atoms with E-state index in [9.17, 15) is 13.6 Å². The molecule has 0 spiro atoms. The highest BCUT2D eigenvalue weighted by Crippen LogP contribution is 2.17. The van der Waals surface area contributed by atoms with Gasteiger partial charge in [-0.05, 0) is 30.3 Å². The van der Waals surface area contributed by atoms with Crippen molar-refractivity contribution in [3.05, 3.63) is 71.6 Å². The molecule has 5 nitrogen and oxygen atoms in total. The molecule has 0 saturated heterocycles. The molecule has 7 heteroatoms. The number of halogens is 2. The minimum atomic E-state index is -0.900. The summed E-state index contributed by atoms with van der Waals surface area (Å²) in [6.45, 7) is 0.121. The number of hydrogen-bond donors (Lipinski definition) is 1. The van der Waals surface area contributed by atoms with Crippen LogP contribution in [0.25, 0.3) is 11.4 Å². The van der Waals surface area contributed by atoms with Crippen LogP contribution in [0.3, 0.4) is 0 Å². The van der Waals surface area contributed by atoms with Gasteiger partial charge in [-0.3, -0.25) is 14.5 Å². The van der Waals surface area contributed by atoms with Crippen molar-refractivity contribution in [3.8, 4) is 11.4 Å². The number of carbonyl (C=O) groups excluding carboxylic acids is 1. The summed E-state index contributed by atoms with van der Waals surface area (Å²) in [6, 6.07) is 10.2. The molecule has 0 radical (unpaired) electrons. The molecule has 0 unspecified atom stereocenters. The Morgan fingerprint density at radius 1 is 1.21 bits per heavy atom. The monoisotopic (exact) mass is 328 g/mol. The standard InChI is InChI=1S/C17H14F2N4O/c1-23-16(15-4-2-3-7-20-15)9-12(22-23)10-21-17(24)13-6-5-11(18)8-14(13)19/h2-9H,10H2,1H3,(H,21,24). The number of nitrogens with one attached hydrogen (secondary N) is 1. The average molecular weight is 328 g/mol. The first kappa shape index (κ1) is 15.8. The molecule has 1 aromatic carbocycles. The molecule has 0 bridgehead atoms. The molecule has 0 aliphatic carbocycles. The van der Waals surface area contributed by atoms with E-state index >= 15 is 0 Å². The van der Waals surface area contributed by atoms with Crippen LogP contribution in [0.5, 0.6) is 0 Å². The lowest BCUT2D eigenvalue weighted by molar-refractivity contribution is 0.0946. The Morgan fingerprint density at radius 2 is 2.04 bits per heavy atom. The first-order valence-electron chi connectivity index (χ1n) is 7.22. The predicted octanol–water partition coefficient (Wildman–Crippen LogP) is 2.69. The number of nitrogens with zero attached hydrogens (tertiary/aromatic N) is 3. The summed E-state index contributed by atoms with van der Waals surface area (Å²) in [4.78, 5) is 16.2. The van der Waals surface area contributed by atoms with Gasteiger partial charge in [0, 0.05) is 19.3 Å². The van der Waals surface area contributed by atoms with Gasteiger partial charge < -0.3 is 5.32 Å². The van der Waals surface area contributed by atoms with Gasteiger partial charge in [-0.1, -0.05) is 6.07 Å². The molecular weight excluding hydrogens is 314 g/mol. The van der Waals surface area contributed by atoms with Crippen molar-refractivity contribution in [2.24, 2.45) is 7.05 Å². The van der Waals surface area contributed by atoms with Crippen molar-refractivity contribution in [1.29, 1.82) is 0 Å². The van der Waals surface area contributed by atoms with Crippen LogP contribution < -0.4 is 5.32 Å². The van der Waals surface area contributed by atoms with Crippen LogP contribution in [0, 0.1) is 11.6 Å². The van der Waals surface area contributed by atoms with Crippen LogP contribution in [0.15, 0.2) is 48.7 Å². The van der Waals surface area contributed by atoms with Gasteiger partial charge >= 0.3 is 0 Å². The molecular formula is C17H14F2N4O. The first-order chi connectivity index (χ1) is 11.5. The number of hydrogen-bond acceptors (Lipinski definition) is 3. The van der Waals surface area contributed by atoms with Crippen LogP contribution in [0.1, 0.15) is 16.1 Å². The second-order valence-corrected chi connectivity index (χ2v) is 5.17. The fourth-order valence-electron chi connectivity index (χ4n) is 2.31. The third-order valence-electron chi connectivity index (χ3n) is 3.46. The summed E-state index contributed by atoms with van der Waals surface area (Å²) in [7, 11) is 1.77. The van der Waals surface area contributed by atoms with Gasteiger partial charge in [0.05, 0.1) is 29.2 Å². The SMILES string of the molecule is Cn1nc(CNC(=O)c2ccc(F)cc2F)cc1-c1ccccn1. The molecule has 1 amide bonds. The van der Waals surface area contributed by atoms with Crippen LogP contribution in [-0.4, -0.2) is 20.7 Å². The van der Waals surface area contributed by atoms with E-state index in [4.69, 9.17) is 0 Å². The Balaban J connectivity index is 1.72. The third kappa shape index (κ3) is 3.29. The molecule has 122 valence electrons. The number of rotatable bonds is 4. The third-order valence-corrected chi connectivity index (χ3v) is 3.46. The zero-order valence-corrected chi connectivity index (χ0v) is 12.8. The van der Waals surface area contributed by atoms with Crippen LogP contribution in [-0.2, 0) is 13.6 Å². The Labute approximate surface area is 137 Å². The molecule has 0 aliphatic heterocycles. The van der Waals surface area contributed by atoms with E-state index in [-0.39, 0.29) is 12.1 Å². The summed E-state index contributed by atoms with van der Waals surface area (Å²) in [5.41, 5.74) is 1.95. The quantitative estimate of drug-likeness (QED) is 0.801. The van der Waals surface area contributed by atoms with Gasteiger partial charge in [-0.25, -0.2) is 8.78 Å². The fourth-order valence-corrected chi connectivity index (χ4v) is 2.31. The maximum absolute atomic E-state index is 13.6. The van der Waals surface area contributed by atoms with Crippen LogP contribution in [0.2, 0.25) is 0 Å². The summed E-state index contributed by atoms with van der Waals surface area (Å²) in [6.07, 6.45) is 1.68. The van der Waals surface area contributed by atoms with Crippen LogP contribution in [0.4, 0.5) is 8.78 Å². The Bertz CT molecular complexity index is 878. The molecule has 0 aliphatic rings. The van der Waals surface area contributed by atoms with Crippen molar-refractivity contribution >= 4 is 5.91 Å². The normalized spacial score (nSPS) is 10.6. The van der Waals surface area contributed by atoms with Crippen molar-refractivity contribution in [1.82, 2.24) is 20.1 Å². The van der Waals surface area contributed by atoms with Crippen LogP contribution >= 0.6 is 0 Å². The topological polar surface area (TPSA) is 59.8 Å². The molecule has 1 N–H and O–H groups in total. The summed E-state index contributed by atoms with van der Waals surface area (Å²) in [5.74, 6) is -2.26.